The molecule has 0 heterocycles. The summed E-state index contributed by atoms with van der Waals surface area (Å²) in [5, 5.41) is 18.4. The highest BCUT2D eigenvalue weighted by Crippen LogP contribution is 2.40. The van der Waals surface area contributed by atoms with Gasteiger partial charge in [-0.2, -0.15) is 0 Å². The van der Waals surface area contributed by atoms with Gasteiger partial charge in [-0.25, -0.2) is 0 Å². The Hall–Kier alpha value is -1.84. The van der Waals surface area contributed by atoms with Gasteiger partial charge in [0.2, 0.25) is 0 Å². The molecule has 1 aliphatic carbocycles. The van der Waals surface area contributed by atoms with Crippen molar-refractivity contribution in [1.82, 2.24) is 0 Å². The van der Waals surface area contributed by atoms with Crippen molar-refractivity contribution in [3.63, 3.8) is 0 Å². The topological polar surface area (TPSA) is 74.6 Å². The quantitative estimate of drug-likeness (QED) is 0.836. The Morgan fingerprint density at radius 2 is 1.94 bits per heavy atom. The van der Waals surface area contributed by atoms with Gasteiger partial charge in [0.1, 0.15) is 5.41 Å². The van der Waals surface area contributed by atoms with Crippen LogP contribution in [-0.4, -0.2) is 22.2 Å². The molecule has 1 aromatic rings. The van der Waals surface area contributed by atoms with Crippen LogP contribution < -0.4 is 0 Å². The lowest BCUT2D eigenvalue weighted by molar-refractivity contribution is -0.151. The molecular weight excluding hydrogens is 220 g/mol. The molecule has 1 aromatic carbocycles. The van der Waals surface area contributed by atoms with Crippen molar-refractivity contribution >= 4 is 11.9 Å². The molecule has 1 aliphatic rings. The SMILES string of the molecule is O=C(O)C[C@]1(C(=O)O)CCCc2ccccc21. The van der Waals surface area contributed by atoms with E-state index in [1.54, 1.807) is 12.1 Å². The summed E-state index contributed by atoms with van der Waals surface area (Å²) in [6.45, 7) is 0. The number of hydrogen-bond acceptors (Lipinski definition) is 2. The van der Waals surface area contributed by atoms with Gasteiger partial charge in [-0.15, -0.1) is 0 Å². The second kappa shape index (κ2) is 4.20. The molecule has 0 amide bonds. The lowest BCUT2D eigenvalue weighted by atomic mass is 9.68. The summed E-state index contributed by atoms with van der Waals surface area (Å²) in [7, 11) is 0. The molecule has 0 unspecified atom stereocenters. The minimum atomic E-state index is -1.25. The van der Waals surface area contributed by atoms with Gasteiger partial charge in [0.25, 0.3) is 0 Å². The van der Waals surface area contributed by atoms with E-state index in [4.69, 9.17) is 5.11 Å². The van der Waals surface area contributed by atoms with Crippen LogP contribution in [0, 0.1) is 0 Å². The smallest absolute Gasteiger partial charge is 0.314 e. The Balaban J connectivity index is 2.55. The zero-order chi connectivity index (χ0) is 12.5. The Bertz CT molecular complexity index is 466. The summed E-state index contributed by atoms with van der Waals surface area (Å²) in [5.74, 6) is -2.10. The maximum atomic E-state index is 11.5. The maximum absolute atomic E-state index is 11.5. The molecule has 0 saturated heterocycles. The number of aryl methyl sites for hydroxylation is 1. The van der Waals surface area contributed by atoms with E-state index in [1.807, 2.05) is 12.1 Å². The predicted molar refractivity (Wildman–Crippen MR) is 60.9 cm³/mol. The van der Waals surface area contributed by atoms with Crippen molar-refractivity contribution in [1.29, 1.82) is 0 Å². The third kappa shape index (κ3) is 1.90. The number of fused-ring (bicyclic) bond motifs is 1. The summed E-state index contributed by atoms with van der Waals surface area (Å²) >= 11 is 0. The van der Waals surface area contributed by atoms with E-state index in [1.165, 1.54) is 0 Å². The minimum absolute atomic E-state index is 0.348. The first-order chi connectivity index (χ1) is 8.06. The predicted octanol–water partition coefficient (Wildman–Crippen LogP) is 1.82. The molecule has 90 valence electrons. The van der Waals surface area contributed by atoms with Crippen LogP contribution in [0.3, 0.4) is 0 Å². The fraction of sp³-hybridized carbons (Fsp3) is 0.385. The summed E-state index contributed by atoms with van der Waals surface area (Å²) in [6, 6.07) is 7.25. The molecular formula is C13H14O4. The van der Waals surface area contributed by atoms with E-state index in [-0.39, 0.29) is 6.42 Å². The van der Waals surface area contributed by atoms with Crippen molar-refractivity contribution in [2.24, 2.45) is 0 Å². The number of carboxylic acids is 2. The molecule has 0 bridgehead atoms. The molecule has 0 fully saturated rings. The van der Waals surface area contributed by atoms with Crippen LogP contribution in [0.5, 0.6) is 0 Å². The second-order valence-electron chi connectivity index (χ2n) is 4.47. The minimum Gasteiger partial charge on any atom is -0.481 e. The summed E-state index contributed by atoms with van der Waals surface area (Å²) in [5.41, 5.74) is 0.379. The van der Waals surface area contributed by atoms with Crippen LogP contribution in [0.15, 0.2) is 24.3 Å². The molecule has 17 heavy (non-hydrogen) atoms. The monoisotopic (exact) mass is 234 g/mol. The third-order valence-electron chi connectivity index (χ3n) is 3.44. The van der Waals surface area contributed by atoms with E-state index in [0.717, 1.165) is 18.4 Å². The number of aliphatic carboxylic acids is 2. The van der Waals surface area contributed by atoms with Crippen molar-refractivity contribution < 1.29 is 19.8 Å². The van der Waals surface area contributed by atoms with Gasteiger partial charge in [0, 0.05) is 0 Å². The number of rotatable bonds is 3. The van der Waals surface area contributed by atoms with Crippen LogP contribution in [-0.2, 0) is 21.4 Å². The van der Waals surface area contributed by atoms with Crippen molar-refractivity contribution in [3.8, 4) is 0 Å². The van der Waals surface area contributed by atoms with Crippen LogP contribution in [0.25, 0.3) is 0 Å². The van der Waals surface area contributed by atoms with Gasteiger partial charge in [-0.05, 0) is 30.4 Å². The van der Waals surface area contributed by atoms with Gasteiger partial charge in [0.15, 0.2) is 0 Å². The Morgan fingerprint density at radius 1 is 1.24 bits per heavy atom. The highest BCUT2D eigenvalue weighted by atomic mass is 16.4. The van der Waals surface area contributed by atoms with E-state index in [0.29, 0.717) is 12.0 Å². The van der Waals surface area contributed by atoms with Crippen molar-refractivity contribution in [2.45, 2.75) is 31.1 Å². The van der Waals surface area contributed by atoms with Crippen LogP contribution in [0.1, 0.15) is 30.4 Å². The van der Waals surface area contributed by atoms with Gasteiger partial charge in [-0.1, -0.05) is 24.3 Å². The Morgan fingerprint density at radius 3 is 2.59 bits per heavy atom. The summed E-state index contributed by atoms with van der Waals surface area (Å²) < 4.78 is 0. The lowest BCUT2D eigenvalue weighted by Crippen LogP contribution is -2.41. The van der Waals surface area contributed by atoms with Crippen LogP contribution in [0.4, 0.5) is 0 Å². The van der Waals surface area contributed by atoms with Crippen molar-refractivity contribution in [2.75, 3.05) is 0 Å². The molecule has 2 rings (SSSR count). The second-order valence-corrected chi connectivity index (χ2v) is 4.47. The van der Waals surface area contributed by atoms with Crippen LogP contribution in [0.2, 0.25) is 0 Å². The molecule has 4 nitrogen and oxygen atoms in total. The standard InChI is InChI=1S/C13H14O4/c14-11(15)8-13(12(16)17)7-3-5-9-4-1-2-6-10(9)13/h1-2,4,6H,3,5,7-8H2,(H,14,15)(H,16,17)/t13-/m1/s1. The van der Waals surface area contributed by atoms with Crippen molar-refractivity contribution in [3.05, 3.63) is 35.4 Å². The molecule has 0 saturated carbocycles. The molecule has 0 aliphatic heterocycles. The Labute approximate surface area is 98.9 Å². The fourth-order valence-electron chi connectivity index (χ4n) is 2.66. The first kappa shape index (κ1) is 11.6. The zero-order valence-corrected chi connectivity index (χ0v) is 9.35. The normalized spacial score (nSPS) is 22.8. The molecule has 1 atom stereocenters. The zero-order valence-electron chi connectivity index (χ0n) is 9.35. The molecule has 0 aromatic heterocycles. The number of carbonyl (C=O) groups is 2. The molecule has 0 spiro atoms. The van der Waals surface area contributed by atoms with E-state index in [2.05, 4.69) is 0 Å². The summed E-state index contributed by atoms with van der Waals surface area (Å²) in [4.78, 5) is 22.4. The Kier molecular flexibility index (Phi) is 2.88. The largest absolute Gasteiger partial charge is 0.481 e. The third-order valence-corrected chi connectivity index (χ3v) is 3.44. The average molecular weight is 234 g/mol. The van der Waals surface area contributed by atoms with E-state index >= 15 is 0 Å². The van der Waals surface area contributed by atoms with Gasteiger partial charge >= 0.3 is 11.9 Å². The van der Waals surface area contributed by atoms with E-state index in [9.17, 15) is 14.7 Å². The highest BCUT2D eigenvalue weighted by molar-refractivity contribution is 5.87. The molecule has 0 radical (unpaired) electrons. The van der Waals surface area contributed by atoms with Gasteiger partial charge in [-0.3, -0.25) is 9.59 Å². The number of benzene rings is 1. The van der Waals surface area contributed by atoms with E-state index < -0.39 is 17.4 Å². The van der Waals surface area contributed by atoms with Gasteiger partial charge < -0.3 is 10.2 Å². The number of hydrogen-bond donors (Lipinski definition) is 2. The van der Waals surface area contributed by atoms with Gasteiger partial charge in [0.05, 0.1) is 6.42 Å². The maximum Gasteiger partial charge on any atom is 0.314 e. The summed E-state index contributed by atoms with van der Waals surface area (Å²) in [6.07, 6.45) is 1.59. The first-order valence-corrected chi connectivity index (χ1v) is 5.60. The number of carboxylic acid groups (broad SMARTS) is 2. The molecule has 2 N–H and O–H groups in total. The fourth-order valence-corrected chi connectivity index (χ4v) is 2.66. The molecule has 4 heteroatoms. The average Bonchev–Trinajstić information content (AvgIpc) is 2.28. The first-order valence-electron chi connectivity index (χ1n) is 5.60. The lowest BCUT2D eigenvalue weighted by Gasteiger charge is -2.34. The highest BCUT2D eigenvalue weighted by Gasteiger charge is 2.45. The van der Waals surface area contributed by atoms with Crippen LogP contribution >= 0.6 is 0 Å².